The van der Waals surface area contributed by atoms with Crippen molar-refractivity contribution < 1.29 is 23.9 Å². The van der Waals surface area contributed by atoms with E-state index in [1.165, 1.54) is 0 Å². The van der Waals surface area contributed by atoms with Gasteiger partial charge in [-0.2, -0.15) is 0 Å². The van der Waals surface area contributed by atoms with E-state index in [0.717, 1.165) is 11.8 Å². The minimum atomic E-state index is -3.13. The number of imide groups is 1. The summed E-state index contributed by atoms with van der Waals surface area (Å²) in [4.78, 5) is 34.5. The van der Waals surface area contributed by atoms with E-state index in [0.29, 0.717) is 5.75 Å². The Hall–Kier alpha value is -0.360. The highest BCUT2D eigenvalue weighted by Crippen LogP contribution is 2.06. The number of thioether (sulfide) groups is 1. The second kappa shape index (κ2) is 5.31. The number of rotatable bonds is 0. The fraction of sp³-hybridized carbons (Fsp3) is 0.333. The van der Waals surface area contributed by atoms with E-state index in [9.17, 15) is 9.59 Å². The summed E-state index contributed by atoms with van der Waals surface area (Å²) in [6.07, 6.45) is 0. The van der Waals surface area contributed by atoms with E-state index < -0.39 is 8.25 Å². The monoisotopic (exact) mass is 199 g/mol. The highest BCUT2D eigenvalue weighted by Gasteiger charge is 2.16. The van der Waals surface area contributed by atoms with Gasteiger partial charge in [0.25, 0.3) is 5.24 Å². The van der Waals surface area contributed by atoms with Crippen LogP contribution >= 0.6 is 20.0 Å². The Kier molecular flexibility index (Phi) is 5.14. The minimum absolute atomic E-state index is 0.185. The summed E-state index contributed by atoms with van der Waals surface area (Å²) in [5.41, 5.74) is 0. The molecule has 1 aliphatic rings. The van der Waals surface area contributed by atoms with Gasteiger partial charge >= 0.3 is 8.25 Å². The highest BCUT2D eigenvalue weighted by atomic mass is 32.2. The molecule has 1 heterocycles. The molecule has 3 N–H and O–H groups in total. The number of hydrogen-bond acceptors (Lipinski definition) is 4. The van der Waals surface area contributed by atoms with Gasteiger partial charge in [-0.3, -0.25) is 19.5 Å². The lowest BCUT2D eigenvalue weighted by molar-refractivity contribution is -0.117. The van der Waals surface area contributed by atoms with Gasteiger partial charge in [-0.15, -0.1) is 0 Å². The van der Waals surface area contributed by atoms with Gasteiger partial charge in [0.15, 0.2) is 0 Å². The number of carbonyl (C=O) groups is 2. The summed E-state index contributed by atoms with van der Waals surface area (Å²) in [6, 6.07) is 0. The molecule has 0 aromatic rings. The van der Waals surface area contributed by atoms with Crippen LogP contribution in [0.2, 0.25) is 0 Å². The van der Waals surface area contributed by atoms with Crippen LogP contribution in [0.25, 0.3) is 0 Å². The van der Waals surface area contributed by atoms with Crippen molar-refractivity contribution in [2.45, 2.75) is 0 Å². The normalized spacial score (nSPS) is 15.9. The summed E-state index contributed by atoms with van der Waals surface area (Å²) >= 11 is 1.01. The Morgan fingerprint density at radius 2 is 1.91 bits per heavy atom. The molecule has 0 aromatic carbocycles. The first-order chi connectivity index (χ1) is 5.02. The summed E-state index contributed by atoms with van der Waals surface area (Å²) in [6.45, 7) is 0. The van der Waals surface area contributed by atoms with E-state index in [1.54, 1.807) is 0 Å². The summed E-state index contributed by atoms with van der Waals surface area (Å²) in [5.74, 6) is 0.105. The quantitative estimate of drug-likeness (QED) is 0.447. The first kappa shape index (κ1) is 10.6. The zero-order valence-electron chi connectivity index (χ0n) is 5.23. The SMILES string of the molecule is O=C1CSC(=O)N1.O=[PH](O)O. The van der Waals surface area contributed by atoms with Crippen molar-refractivity contribution in [1.29, 1.82) is 0 Å². The lowest BCUT2D eigenvalue weighted by Gasteiger charge is -1.77. The van der Waals surface area contributed by atoms with Crippen molar-refractivity contribution in [3.05, 3.63) is 0 Å². The third kappa shape index (κ3) is 7.54. The summed E-state index contributed by atoms with van der Waals surface area (Å²) < 4.78 is 8.74. The van der Waals surface area contributed by atoms with E-state index in [4.69, 9.17) is 14.4 Å². The molecule has 0 aliphatic carbocycles. The average molecular weight is 199 g/mol. The van der Waals surface area contributed by atoms with Gasteiger partial charge in [0, 0.05) is 0 Å². The third-order valence-electron chi connectivity index (χ3n) is 0.576. The molecule has 64 valence electrons. The molecule has 8 heteroatoms. The molecule has 1 saturated heterocycles. The Morgan fingerprint density at radius 1 is 1.45 bits per heavy atom. The maximum Gasteiger partial charge on any atom is 0.314 e. The van der Waals surface area contributed by atoms with Gasteiger partial charge in [-0.25, -0.2) is 0 Å². The Bertz CT molecular complexity index is 176. The molecule has 0 unspecified atom stereocenters. The molecule has 1 rings (SSSR count). The Morgan fingerprint density at radius 3 is 2.00 bits per heavy atom. The second-order valence-electron chi connectivity index (χ2n) is 1.41. The van der Waals surface area contributed by atoms with E-state index in [1.807, 2.05) is 0 Å². The van der Waals surface area contributed by atoms with E-state index >= 15 is 0 Å². The zero-order valence-corrected chi connectivity index (χ0v) is 7.05. The van der Waals surface area contributed by atoms with Crippen LogP contribution in [0, 0.1) is 0 Å². The molecular formula is C3H6NO5PS. The number of nitrogens with one attached hydrogen (secondary N) is 1. The van der Waals surface area contributed by atoms with Crippen LogP contribution < -0.4 is 5.32 Å². The summed E-state index contributed by atoms with van der Waals surface area (Å²) in [5, 5.41) is 1.87. The van der Waals surface area contributed by atoms with Gasteiger partial charge in [0.2, 0.25) is 5.91 Å². The fourth-order valence-corrected chi connectivity index (χ4v) is 0.837. The van der Waals surface area contributed by atoms with Crippen LogP contribution in [0.4, 0.5) is 4.79 Å². The highest BCUT2D eigenvalue weighted by molar-refractivity contribution is 8.14. The second-order valence-corrected chi connectivity index (χ2v) is 2.92. The molecule has 6 nitrogen and oxygen atoms in total. The predicted molar refractivity (Wildman–Crippen MR) is 39.4 cm³/mol. The van der Waals surface area contributed by atoms with Crippen LogP contribution in [-0.2, 0) is 9.36 Å². The van der Waals surface area contributed by atoms with Crippen molar-refractivity contribution in [3.63, 3.8) is 0 Å². The van der Waals surface area contributed by atoms with Gasteiger partial charge in [-0.05, 0) is 0 Å². The van der Waals surface area contributed by atoms with Crippen molar-refractivity contribution >= 4 is 31.2 Å². The topological polar surface area (TPSA) is 104 Å². The Balaban J connectivity index is 0.000000218. The molecule has 0 spiro atoms. The first-order valence-corrected chi connectivity index (χ1v) is 4.69. The molecule has 1 aliphatic heterocycles. The van der Waals surface area contributed by atoms with E-state index in [-0.39, 0.29) is 11.1 Å². The maximum atomic E-state index is 10.1. The molecule has 0 radical (unpaired) electrons. The van der Waals surface area contributed by atoms with Gasteiger partial charge in [0.05, 0.1) is 5.75 Å². The van der Waals surface area contributed by atoms with Crippen LogP contribution in [0.3, 0.4) is 0 Å². The Labute approximate surface area is 66.9 Å². The minimum Gasteiger partial charge on any atom is -0.326 e. The molecule has 2 amide bonds. The van der Waals surface area contributed by atoms with Gasteiger partial charge in [-0.1, -0.05) is 11.8 Å². The van der Waals surface area contributed by atoms with Crippen LogP contribution in [0.1, 0.15) is 0 Å². The first-order valence-electron chi connectivity index (χ1n) is 2.41. The number of hydrogen-bond donors (Lipinski definition) is 3. The number of amides is 2. The van der Waals surface area contributed by atoms with Crippen LogP contribution in [-0.4, -0.2) is 26.7 Å². The van der Waals surface area contributed by atoms with Crippen molar-refractivity contribution in [2.75, 3.05) is 5.75 Å². The predicted octanol–water partition coefficient (Wildman–Crippen LogP) is -0.670. The third-order valence-corrected chi connectivity index (χ3v) is 1.35. The molecule has 0 saturated carbocycles. The lowest BCUT2D eigenvalue weighted by Crippen LogP contribution is -2.18. The molecule has 0 aromatic heterocycles. The summed E-state index contributed by atoms with van der Waals surface area (Å²) in [7, 11) is -3.13. The maximum absolute atomic E-state index is 10.1. The number of carbonyl (C=O) groups excluding carboxylic acids is 2. The van der Waals surface area contributed by atoms with Gasteiger partial charge in [0.1, 0.15) is 0 Å². The van der Waals surface area contributed by atoms with E-state index in [2.05, 4.69) is 5.32 Å². The molecule has 0 atom stereocenters. The smallest absolute Gasteiger partial charge is 0.314 e. The van der Waals surface area contributed by atoms with Crippen LogP contribution in [0.15, 0.2) is 0 Å². The molecule has 1 fully saturated rings. The molecule has 0 bridgehead atoms. The van der Waals surface area contributed by atoms with Crippen molar-refractivity contribution in [1.82, 2.24) is 5.32 Å². The van der Waals surface area contributed by atoms with Crippen LogP contribution in [0.5, 0.6) is 0 Å². The zero-order chi connectivity index (χ0) is 8.85. The van der Waals surface area contributed by atoms with Crippen molar-refractivity contribution in [2.24, 2.45) is 0 Å². The lowest BCUT2D eigenvalue weighted by atomic mass is 10.7. The fourth-order valence-electron chi connectivity index (χ4n) is 0.317. The average Bonchev–Trinajstić information content (AvgIpc) is 2.13. The molecule has 11 heavy (non-hydrogen) atoms. The largest absolute Gasteiger partial charge is 0.326 e. The molecular weight excluding hydrogens is 193 g/mol. The van der Waals surface area contributed by atoms with Gasteiger partial charge < -0.3 is 9.79 Å². The van der Waals surface area contributed by atoms with Crippen molar-refractivity contribution in [3.8, 4) is 0 Å². The standard InChI is InChI=1S/C3H3NO2S.H3O3P/c5-2-1-7-3(6)4-2;1-4(2)3/h1H2,(H,4,5,6);4H,(H2,1,2,3).